The van der Waals surface area contributed by atoms with E-state index in [-0.39, 0.29) is 5.92 Å². The van der Waals surface area contributed by atoms with Crippen LogP contribution in [0.1, 0.15) is 13.8 Å². The molecule has 6 nitrogen and oxygen atoms in total. The highest BCUT2D eigenvalue weighted by Crippen LogP contribution is 2.08. The van der Waals surface area contributed by atoms with Gasteiger partial charge in [0, 0.05) is 0 Å². The normalized spacial score (nSPS) is 12.4. The number of methoxy groups -OCH3 is 1. The number of hydrazine groups is 1. The van der Waals surface area contributed by atoms with Gasteiger partial charge < -0.3 is 10.5 Å². The van der Waals surface area contributed by atoms with Crippen LogP contribution in [0.15, 0.2) is 0 Å². The first kappa shape index (κ1) is 11.7. The van der Waals surface area contributed by atoms with Crippen molar-refractivity contribution >= 4 is 12.0 Å². The lowest BCUT2D eigenvalue weighted by molar-refractivity contribution is -0.147. The van der Waals surface area contributed by atoms with Crippen molar-refractivity contribution in [1.82, 2.24) is 5.01 Å². The highest BCUT2D eigenvalue weighted by atomic mass is 16.5. The van der Waals surface area contributed by atoms with E-state index in [4.69, 9.17) is 11.6 Å². The summed E-state index contributed by atoms with van der Waals surface area (Å²) < 4.78 is 4.48. The highest BCUT2D eigenvalue weighted by Gasteiger charge is 2.30. The van der Waals surface area contributed by atoms with Crippen LogP contribution in [0, 0.1) is 5.92 Å². The molecule has 13 heavy (non-hydrogen) atoms. The van der Waals surface area contributed by atoms with Crippen LogP contribution in [0.5, 0.6) is 0 Å². The maximum absolute atomic E-state index is 11.1. The van der Waals surface area contributed by atoms with Crippen molar-refractivity contribution < 1.29 is 14.3 Å². The highest BCUT2D eigenvalue weighted by molar-refractivity contribution is 5.82. The van der Waals surface area contributed by atoms with Crippen molar-refractivity contribution in [2.75, 3.05) is 7.11 Å². The molecule has 4 N–H and O–H groups in total. The second-order valence-electron chi connectivity index (χ2n) is 2.96. The van der Waals surface area contributed by atoms with Crippen molar-refractivity contribution in [3.8, 4) is 0 Å². The van der Waals surface area contributed by atoms with Crippen LogP contribution in [-0.2, 0) is 9.53 Å². The molecule has 0 saturated carbocycles. The van der Waals surface area contributed by atoms with E-state index in [1.165, 1.54) is 7.11 Å². The molecule has 0 heterocycles. The lowest BCUT2D eigenvalue weighted by Gasteiger charge is -2.26. The van der Waals surface area contributed by atoms with Gasteiger partial charge in [-0.3, -0.25) is 0 Å². The topological polar surface area (TPSA) is 98.7 Å². The predicted octanol–water partition coefficient (Wildman–Crippen LogP) is -0.562. The van der Waals surface area contributed by atoms with Crippen molar-refractivity contribution in [2.45, 2.75) is 19.9 Å². The van der Waals surface area contributed by atoms with Crippen molar-refractivity contribution in [3.05, 3.63) is 0 Å². The summed E-state index contributed by atoms with van der Waals surface area (Å²) in [7, 11) is 1.23. The SMILES string of the molecule is COC(=O)C(C(C)C)N(N)C(N)=O. The first-order valence-corrected chi connectivity index (χ1v) is 3.83. The zero-order valence-electron chi connectivity index (χ0n) is 7.98. The number of primary amides is 1. The van der Waals surface area contributed by atoms with Gasteiger partial charge in [0.05, 0.1) is 7.11 Å². The van der Waals surface area contributed by atoms with Crippen LogP contribution in [0.2, 0.25) is 0 Å². The maximum atomic E-state index is 11.1. The number of carbonyl (C=O) groups is 2. The van der Waals surface area contributed by atoms with Crippen LogP contribution < -0.4 is 11.6 Å². The van der Waals surface area contributed by atoms with Gasteiger partial charge in [0.1, 0.15) is 6.04 Å². The molecule has 0 rings (SSSR count). The third-order valence-electron chi connectivity index (χ3n) is 1.63. The summed E-state index contributed by atoms with van der Waals surface area (Å²) in [6, 6.07) is -1.69. The summed E-state index contributed by atoms with van der Waals surface area (Å²) in [4.78, 5) is 21.8. The van der Waals surface area contributed by atoms with Crippen molar-refractivity contribution in [1.29, 1.82) is 0 Å². The molecule has 0 aromatic heterocycles. The van der Waals surface area contributed by atoms with E-state index in [0.717, 1.165) is 0 Å². The van der Waals surface area contributed by atoms with E-state index in [1.54, 1.807) is 13.8 Å². The van der Waals surface area contributed by atoms with Crippen molar-refractivity contribution in [2.24, 2.45) is 17.5 Å². The van der Waals surface area contributed by atoms with Crippen LogP contribution in [0.3, 0.4) is 0 Å². The van der Waals surface area contributed by atoms with Gasteiger partial charge in [-0.2, -0.15) is 0 Å². The molecule has 6 heteroatoms. The number of nitrogens with two attached hydrogens (primary N) is 2. The molecule has 0 aliphatic rings. The molecule has 0 radical (unpaired) electrons. The molecule has 0 fully saturated rings. The Balaban J connectivity index is 4.60. The number of carbonyl (C=O) groups excluding carboxylic acids is 2. The minimum absolute atomic E-state index is 0.148. The van der Waals surface area contributed by atoms with E-state index >= 15 is 0 Å². The lowest BCUT2D eigenvalue weighted by Crippen LogP contribution is -2.54. The van der Waals surface area contributed by atoms with Gasteiger partial charge >= 0.3 is 12.0 Å². The Bertz CT molecular complexity index is 205. The van der Waals surface area contributed by atoms with E-state index in [1.807, 2.05) is 0 Å². The molecule has 76 valence electrons. The number of ether oxygens (including phenoxy) is 1. The summed E-state index contributed by atoms with van der Waals surface area (Å²) in [6.07, 6.45) is 0. The van der Waals surface area contributed by atoms with E-state index in [2.05, 4.69) is 4.74 Å². The first-order chi connectivity index (χ1) is 5.91. The largest absolute Gasteiger partial charge is 0.467 e. The van der Waals surface area contributed by atoms with Crippen LogP contribution in [0.25, 0.3) is 0 Å². The first-order valence-electron chi connectivity index (χ1n) is 3.83. The standard InChI is InChI=1S/C7H15N3O3/c1-4(2)5(6(11)13-3)10(9)7(8)12/h4-5H,9H2,1-3H3,(H2,8,12). The monoisotopic (exact) mass is 189 g/mol. The third kappa shape index (κ3) is 2.90. The molecular weight excluding hydrogens is 174 g/mol. The Hall–Kier alpha value is -1.30. The zero-order chi connectivity index (χ0) is 10.6. The molecule has 1 unspecified atom stereocenters. The molecule has 0 aromatic carbocycles. The molecule has 0 aliphatic carbocycles. The third-order valence-corrected chi connectivity index (χ3v) is 1.63. The summed E-state index contributed by atoms with van der Waals surface area (Å²) in [5.41, 5.74) is 4.92. The van der Waals surface area contributed by atoms with Gasteiger partial charge in [0.2, 0.25) is 0 Å². The van der Waals surface area contributed by atoms with E-state index in [0.29, 0.717) is 5.01 Å². The zero-order valence-corrected chi connectivity index (χ0v) is 7.98. The number of hydrogen-bond acceptors (Lipinski definition) is 4. The average molecular weight is 189 g/mol. The second kappa shape index (κ2) is 4.66. The summed E-state index contributed by atoms with van der Waals surface area (Å²) in [6.45, 7) is 3.48. The fourth-order valence-electron chi connectivity index (χ4n) is 0.965. The predicted molar refractivity (Wildman–Crippen MR) is 46.3 cm³/mol. The minimum Gasteiger partial charge on any atom is -0.467 e. The van der Waals surface area contributed by atoms with Crippen LogP contribution in [0.4, 0.5) is 4.79 Å². The van der Waals surface area contributed by atoms with E-state index < -0.39 is 18.0 Å². The maximum Gasteiger partial charge on any atom is 0.330 e. The van der Waals surface area contributed by atoms with Gasteiger partial charge in [-0.15, -0.1) is 0 Å². The van der Waals surface area contributed by atoms with Crippen LogP contribution in [-0.4, -0.2) is 30.2 Å². The number of amides is 2. The molecule has 0 spiro atoms. The number of esters is 1. The number of nitrogens with zero attached hydrogens (tertiary/aromatic N) is 1. The average Bonchev–Trinajstić information content (AvgIpc) is 2.03. The Morgan fingerprint density at radius 2 is 1.85 bits per heavy atom. The summed E-state index contributed by atoms with van der Waals surface area (Å²) in [5, 5.41) is 0.677. The van der Waals surface area contributed by atoms with Gasteiger partial charge in [0.25, 0.3) is 0 Å². The Morgan fingerprint density at radius 1 is 1.38 bits per heavy atom. The summed E-state index contributed by atoms with van der Waals surface area (Å²) in [5.74, 6) is 4.58. The lowest BCUT2D eigenvalue weighted by atomic mass is 10.0. The van der Waals surface area contributed by atoms with Crippen molar-refractivity contribution in [3.63, 3.8) is 0 Å². The molecular formula is C7H15N3O3. The molecule has 0 bridgehead atoms. The quantitative estimate of drug-likeness (QED) is 0.269. The molecule has 1 atom stereocenters. The Labute approximate surface area is 76.8 Å². The number of rotatable bonds is 3. The smallest absolute Gasteiger partial charge is 0.330 e. The van der Waals surface area contributed by atoms with Gasteiger partial charge in [-0.25, -0.2) is 20.4 Å². The fraction of sp³-hybridized carbons (Fsp3) is 0.714. The Morgan fingerprint density at radius 3 is 2.08 bits per heavy atom. The number of hydrogen-bond donors (Lipinski definition) is 2. The molecule has 0 aliphatic heterocycles. The van der Waals surface area contributed by atoms with Gasteiger partial charge in [-0.1, -0.05) is 13.8 Å². The fourth-order valence-corrected chi connectivity index (χ4v) is 0.965. The Kier molecular flexibility index (Phi) is 4.19. The second-order valence-corrected chi connectivity index (χ2v) is 2.96. The molecule has 0 aromatic rings. The van der Waals surface area contributed by atoms with E-state index in [9.17, 15) is 9.59 Å². The summed E-state index contributed by atoms with van der Waals surface area (Å²) >= 11 is 0. The minimum atomic E-state index is -0.857. The van der Waals surface area contributed by atoms with Gasteiger partial charge in [0.15, 0.2) is 0 Å². The molecule has 0 saturated heterocycles. The number of urea groups is 1. The van der Waals surface area contributed by atoms with Gasteiger partial charge in [-0.05, 0) is 5.92 Å². The molecule has 2 amide bonds. The van der Waals surface area contributed by atoms with Crippen LogP contribution >= 0.6 is 0 Å².